The molecule has 4 N–H and O–H groups in total. The third-order valence-corrected chi connectivity index (χ3v) is 4.36. The van der Waals surface area contributed by atoms with Gasteiger partial charge in [-0.3, -0.25) is 0 Å². The Bertz CT molecular complexity index is 831. The summed E-state index contributed by atoms with van der Waals surface area (Å²) >= 11 is 0. The number of hydrogen-bond acceptors (Lipinski definition) is 7. The third kappa shape index (κ3) is 5.13. The van der Waals surface area contributed by atoms with Crippen LogP contribution in [0.4, 0.5) is 10.7 Å². The van der Waals surface area contributed by atoms with Crippen molar-refractivity contribution < 1.29 is 14.3 Å². The number of ether oxygens (including phenoxy) is 2. The van der Waals surface area contributed by atoms with Gasteiger partial charge in [-0.1, -0.05) is 6.07 Å². The van der Waals surface area contributed by atoms with E-state index in [1.807, 2.05) is 19.2 Å². The van der Waals surface area contributed by atoms with Crippen LogP contribution in [0.2, 0.25) is 0 Å². The average Bonchev–Trinajstić information content (AvgIpc) is 2.72. The van der Waals surface area contributed by atoms with Gasteiger partial charge in [0.05, 0.1) is 11.4 Å². The lowest BCUT2D eigenvalue weighted by atomic mass is 10.1. The Balaban J connectivity index is 1.66. The number of aliphatic imine (C=N–C) groups is 1. The molecule has 0 aromatic carbocycles. The number of pyridine rings is 1. The van der Waals surface area contributed by atoms with E-state index in [1.165, 1.54) is 0 Å². The van der Waals surface area contributed by atoms with Crippen molar-refractivity contribution in [3.63, 3.8) is 0 Å². The Morgan fingerprint density at radius 1 is 1.29 bits per heavy atom. The highest BCUT2D eigenvalue weighted by molar-refractivity contribution is 5.87. The molecule has 0 radical (unpaired) electrons. The van der Waals surface area contributed by atoms with Gasteiger partial charge in [0.1, 0.15) is 6.61 Å². The van der Waals surface area contributed by atoms with Crippen LogP contribution in [0.3, 0.4) is 0 Å². The molecule has 1 fully saturated rings. The first-order valence-corrected chi connectivity index (χ1v) is 8.88. The number of amides is 1. The molecule has 2 aromatic heterocycles. The van der Waals surface area contributed by atoms with E-state index in [1.54, 1.807) is 18.5 Å². The smallest absolute Gasteiger partial charge is 0.437 e. The van der Waals surface area contributed by atoms with Crippen LogP contribution in [0.15, 0.2) is 35.6 Å². The Labute approximate surface area is 162 Å². The standard InChI is InChI=1S/C18H23N7O3/c1-25(14-5-7-27-8-6-14)17-21-9-12(10-22-17)15-4-2-3-13(23-15)11-28-18(26)24-16(19)20/h2-4,9-10,14H,5-8,11H2,1H3,(H4,19,20,24,26). The van der Waals surface area contributed by atoms with Gasteiger partial charge in [-0.2, -0.15) is 0 Å². The number of rotatable bonds is 5. The Morgan fingerprint density at radius 3 is 2.68 bits per heavy atom. The van der Waals surface area contributed by atoms with Crippen LogP contribution in [0.1, 0.15) is 18.5 Å². The molecule has 2 aromatic rings. The van der Waals surface area contributed by atoms with Crippen LogP contribution >= 0.6 is 0 Å². The van der Waals surface area contributed by atoms with Crippen LogP contribution in [0.25, 0.3) is 11.3 Å². The van der Waals surface area contributed by atoms with Gasteiger partial charge in [-0.05, 0) is 25.0 Å². The normalized spacial score (nSPS) is 14.3. The number of aromatic nitrogens is 3. The fraction of sp³-hybridized carbons (Fsp3) is 0.389. The fourth-order valence-corrected chi connectivity index (χ4v) is 2.87. The van der Waals surface area contributed by atoms with Gasteiger partial charge in [-0.25, -0.2) is 19.7 Å². The van der Waals surface area contributed by atoms with E-state index in [2.05, 4.69) is 24.8 Å². The SMILES string of the molecule is CN(c1ncc(-c2cccc(COC(=O)N=C(N)N)n2)cn1)C1CCOCC1. The van der Waals surface area contributed by atoms with Crippen LogP contribution in [0, 0.1) is 0 Å². The molecule has 28 heavy (non-hydrogen) atoms. The molecule has 3 heterocycles. The molecule has 0 atom stereocenters. The highest BCUT2D eigenvalue weighted by atomic mass is 16.5. The zero-order valence-electron chi connectivity index (χ0n) is 15.6. The molecule has 0 saturated carbocycles. The maximum atomic E-state index is 11.4. The van der Waals surface area contributed by atoms with Gasteiger partial charge in [0.2, 0.25) is 5.95 Å². The van der Waals surface area contributed by atoms with E-state index in [0.717, 1.165) is 31.6 Å². The van der Waals surface area contributed by atoms with Crippen molar-refractivity contribution in [3.05, 3.63) is 36.3 Å². The molecule has 1 saturated heterocycles. The summed E-state index contributed by atoms with van der Waals surface area (Å²) in [5, 5.41) is 0. The van der Waals surface area contributed by atoms with E-state index < -0.39 is 6.09 Å². The predicted molar refractivity (Wildman–Crippen MR) is 104 cm³/mol. The Hall–Kier alpha value is -3.27. The second-order valence-corrected chi connectivity index (χ2v) is 6.33. The van der Waals surface area contributed by atoms with E-state index in [0.29, 0.717) is 23.4 Å². The number of anilines is 1. The van der Waals surface area contributed by atoms with Crippen LogP contribution in [-0.4, -0.2) is 53.3 Å². The lowest BCUT2D eigenvalue weighted by molar-refractivity contribution is 0.0852. The first-order chi connectivity index (χ1) is 13.5. The topological polar surface area (TPSA) is 142 Å². The summed E-state index contributed by atoms with van der Waals surface area (Å²) in [6.07, 6.45) is 4.52. The second kappa shape index (κ2) is 9.09. The summed E-state index contributed by atoms with van der Waals surface area (Å²) in [6.45, 7) is 1.48. The fourth-order valence-electron chi connectivity index (χ4n) is 2.87. The third-order valence-electron chi connectivity index (χ3n) is 4.36. The lowest BCUT2D eigenvalue weighted by Crippen LogP contribution is -2.37. The van der Waals surface area contributed by atoms with E-state index in [-0.39, 0.29) is 12.6 Å². The number of nitrogens with zero attached hydrogens (tertiary/aromatic N) is 5. The highest BCUT2D eigenvalue weighted by Gasteiger charge is 2.20. The van der Waals surface area contributed by atoms with Crippen LogP contribution in [0.5, 0.6) is 0 Å². The molecule has 1 aliphatic rings. The zero-order valence-corrected chi connectivity index (χ0v) is 15.6. The molecule has 1 amide bonds. The van der Waals surface area contributed by atoms with Gasteiger partial charge in [0.15, 0.2) is 5.96 Å². The van der Waals surface area contributed by atoms with Crippen molar-refractivity contribution in [2.24, 2.45) is 16.5 Å². The Morgan fingerprint density at radius 2 is 2.00 bits per heavy atom. The molecule has 0 spiro atoms. The first-order valence-electron chi connectivity index (χ1n) is 8.88. The van der Waals surface area contributed by atoms with Gasteiger partial charge in [0.25, 0.3) is 0 Å². The quantitative estimate of drug-likeness (QED) is 0.570. The molecule has 0 unspecified atom stereocenters. The minimum atomic E-state index is -0.865. The average molecular weight is 385 g/mol. The van der Waals surface area contributed by atoms with Crippen molar-refractivity contribution in [3.8, 4) is 11.3 Å². The largest absolute Gasteiger partial charge is 0.441 e. The summed E-state index contributed by atoms with van der Waals surface area (Å²) in [4.78, 5) is 30.2. The lowest BCUT2D eigenvalue weighted by Gasteiger charge is -2.31. The molecule has 10 heteroatoms. The van der Waals surface area contributed by atoms with Crippen molar-refractivity contribution in [1.82, 2.24) is 15.0 Å². The maximum Gasteiger partial charge on any atom is 0.437 e. The molecule has 0 bridgehead atoms. The molecule has 0 aliphatic carbocycles. The van der Waals surface area contributed by atoms with Crippen molar-refractivity contribution in [2.45, 2.75) is 25.5 Å². The molecular formula is C18H23N7O3. The molecule has 1 aliphatic heterocycles. The monoisotopic (exact) mass is 385 g/mol. The molecule has 148 valence electrons. The summed E-state index contributed by atoms with van der Waals surface area (Å²) in [5.74, 6) is 0.313. The Kier molecular flexibility index (Phi) is 6.33. The van der Waals surface area contributed by atoms with Gasteiger partial charge >= 0.3 is 6.09 Å². The number of carbonyl (C=O) groups is 1. The maximum absolute atomic E-state index is 11.4. The van der Waals surface area contributed by atoms with Crippen LogP contribution < -0.4 is 16.4 Å². The van der Waals surface area contributed by atoms with Crippen molar-refractivity contribution in [2.75, 3.05) is 25.2 Å². The number of carbonyl (C=O) groups excluding carboxylic acids is 1. The minimum Gasteiger partial charge on any atom is -0.441 e. The summed E-state index contributed by atoms with van der Waals surface area (Å²) < 4.78 is 10.4. The molecule has 10 nitrogen and oxygen atoms in total. The number of guanidine groups is 1. The zero-order chi connectivity index (χ0) is 19.9. The van der Waals surface area contributed by atoms with E-state index in [4.69, 9.17) is 20.9 Å². The number of nitrogens with two attached hydrogens (primary N) is 2. The number of hydrogen-bond donors (Lipinski definition) is 2. The summed E-state index contributed by atoms with van der Waals surface area (Å²) in [7, 11) is 1.99. The summed E-state index contributed by atoms with van der Waals surface area (Å²) in [6, 6.07) is 5.76. The molecule has 3 rings (SSSR count). The first kappa shape index (κ1) is 19.5. The van der Waals surface area contributed by atoms with Crippen molar-refractivity contribution >= 4 is 18.0 Å². The highest BCUT2D eigenvalue weighted by Crippen LogP contribution is 2.20. The van der Waals surface area contributed by atoms with E-state index in [9.17, 15) is 4.79 Å². The van der Waals surface area contributed by atoms with Crippen molar-refractivity contribution in [1.29, 1.82) is 0 Å². The second-order valence-electron chi connectivity index (χ2n) is 6.33. The van der Waals surface area contributed by atoms with Gasteiger partial charge in [0, 0.05) is 44.3 Å². The minimum absolute atomic E-state index is 0.0467. The summed E-state index contributed by atoms with van der Waals surface area (Å²) in [5.41, 5.74) is 12.3. The predicted octanol–water partition coefficient (Wildman–Crippen LogP) is 1.06. The van der Waals surface area contributed by atoms with Gasteiger partial charge < -0.3 is 25.8 Å². The molecular weight excluding hydrogens is 362 g/mol. The van der Waals surface area contributed by atoms with E-state index >= 15 is 0 Å². The van der Waals surface area contributed by atoms with Crippen LogP contribution in [-0.2, 0) is 16.1 Å². The van der Waals surface area contributed by atoms with Gasteiger partial charge in [-0.15, -0.1) is 4.99 Å².